The summed E-state index contributed by atoms with van der Waals surface area (Å²) in [6, 6.07) is 11.5. The van der Waals surface area contributed by atoms with E-state index in [2.05, 4.69) is 15.3 Å². The third-order valence-corrected chi connectivity index (χ3v) is 2.80. The number of aldehydes is 1. The molecule has 1 aromatic carbocycles. The molecule has 0 unspecified atom stereocenters. The number of nitrogens with one attached hydrogen (secondary N) is 2. The first-order valence-corrected chi connectivity index (χ1v) is 5.61. The predicted molar refractivity (Wildman–Crippen MR) is 71.2 cm³/mol. The van der Waals surface area contributed by atoms with Crippen LogP contribution < -0.4 is 5.32 Å². The second-order valence-corrected chi connectivity index (χ2v) is 3.94. The maximum absolute atomic E-state index is 11.1. The molecule has 0 aliphatic carbocycles. The highest BCUT2D eigenvalue weighted by atomic mass is 16.1. The van der Waals surface area contributed by atoms with E-state index in [1.54, 1.807) is 12.4 Å². The third kappa shape index (κ3) is 1.73. The van der Waals surface area contributed by atoms with Gasteiger partial charge in [0.1, 0.15) is 5.69 Å². The number of pyridine rings is 1. The Bertz CT molecular complexity index is 689. The maximum atomic E-state index is 11.1. The van der Waals surface area contributed by atoms with Gasteiger partial charge < -0.3 is 10.3 Å². The largest absolute Gasteiger partial charge is 0.353 e. The summed E-state index contributed by atoms with van der Waals surface area (Å²) in [4.78, 5) is 18.2. The van der Waals surface area contributed by atoms with Gasteiger partial charge in [0, 0.05) is 29.0 Å². The molecule has 0 saturated heterocycles. The minimum atomic E-state index is 0.549. The summed E-state index contributed by atoms with van der Waals surface area (Å²) in [6.07, 6.45) is 4.24. The molecule has 2 aromatic heterocycles. The van der Waals surface area contributed by atoms with Crippen LogP contribution in [-0.4, -0.2) is 16.3 Å². The van der Waals surface area contributed by atoms with Gasteiger partial charge >= 0.3 is 0 Å². The molecule has 0 spiro atoms. The van der Waals surface area contributed by atoms with Crippen LogP contribution in [0.25, 0.3) is 10.9 Å². The number of benzene rings is 1. The highest BCUT2D eigenvalue weighted by Gasteiger charge is 2.10. The molecule has 0 amide bonds. The molecule has 4 heteroatoms. The Hall–Kier alpha value is -2.62. The number of H-pyrrole nitrogens is 1. The van der Waals surface area contributed by atoms with E-state index in [-0.39, 0.29) is 0 Å². The van der Waals surface area contributed by atoms with Gasteiger partial charge in [0.25, 0.3) is 0 Å². The lowest BCUT2D eigenvalue weighted by Gasteiger charge is -2.05. The fourth-order valence-corrected chi connectivity index (χ4v) is 1.97. The molecule has 18 heavy (non-hydrogen) atoms. The van der Waals surface area contributed by atoms with Crippen LogP contribution in [0.15, 0.2) is 48.8 Å². The topological polar surface area (TPSA) is 57.8 Å². The summed E-state index contributed by atoms with van der Waals surface area (Å²) in [5.74, 6) is 0. The van der Waals surface area contributed by atoms with E-state index >= 15 is 0 Å². The molecule has 4 nitrogen and oxygen atoms in total. The van der Waals surface area contributed by atoms with Gasteiger partial charge in [-0.2, -0.15) is 0 Å². The van der Waals surface area contributed by atoms with Crippen molar-refractivity contribution < 1.29 is 4.79 Å². The van der Waals surface area contributed by atoms with E-state index < -0.39 is 0 Å². The zero-order chi connectivity index (χ0) is 12.4. The van der Waals surface area contributed by atoms with Crippen LogP contribution in [-0.2, 0) is 0 Å². The number of fused-ring (bicyclic) bond motifs is 1. The Kier molecular flexibility index (Phi) is 2.53. The van der Waals surface area contributed by atoms with Gasteiger partial charge in [-0.1, -0.05) is 18.2 Å². The molecule has 2 heterocycles. The number of hydrogen-bond donors (Lipinski definition) is 2. The Labute approximate surface area is 104 Å². The lowest BCUT2D eigenvalue weighted by Crippen LogP contribution is -1.93. The molecule has 0 bridgehead atoms. The number of aromatic amines is 1. The number of carbonyl (C=O) groups is 1. The van der Waals surface area contributed by atoms with Crippen molar-refractivity contribution in [3.05, 3.63) is 54.5 Å². The van der Waals surface area contributed by atoms with Crippen LogP contribution in [0.4, 0.5) is 11.4 Å². The molecule has 3 rings (SSSR count). The summed E-state index contributed by atoms with van der Waals surface area (Å²) in [5.41, 5.74) is 3.19. The van der Waals surface area contributed by atoms with Gasteiger partial charge in [-0.15, -0.1) is 0 Å². The lowest BCUT2D eigenvalue weighted by molar-refractivity contribution is 0.112. The summed E-state index contributed by atoms with van der Waals surface area (Å²) in [6.45, 7) is 0. The van der Waals surface area contributed by atoms with Crippen LogP contribution in [0.5, 0.6) is 0 Å². The zero-order valence-electron chi connectivity index (χ0n) is 9.55. The molecule has 88 valence electrons. The Morgan fingerprint density at radius 2 is 1.89 bits per heavy atom. The minimum absolute atomic E-state index is 0.549. The van der Waals surface area contributed by atoms with Gasteiger partial charge in [-0.3, -0.25) is 9.78 Å². The highest BCUT2D eigenvalue weighted by Crippen LogP contribution is 2.29. The van der Waals surface area contributed by atoms with Crippen molar-refractivity contribution in [2.24, 2.45) is 0 Å². The molecule has 3 aromatic rings. The normalized spacial score (nSPS) is 10.4. The molecule has 2 N–H and O–H groups in total. The van der Waals surface area contributed by atoms with Crippen molar-refractivity contribution in [1.29, 1.82) is 0 Å². The van der Waals surface area contributed by atoms with Crippen molar-refractivity contribution in [3.63, 3.8) is 0 Å². The number of para-hydroxylation sites is 1. The highest BCUT2D eigenvalue weighted by molar-refractivity contribution is 6.03. The van der Waals surface area contributed by atoms with Crippen LogP contribution >= 0.6 is 0 Å². The van der Waals surface area contributed by atoms with E-state index in [4.69, 9.17) is 0 Å². The first-order chi connectivity index (χ1) is 8.88. The van der Waals surface area contributed by atoms with Gasteiger partial charge in [-0.05, 0) is 18.2 Å². The molecule has 0 aliphatic heterocycles. The summed E-state index contributed by atoms with van der Waals surface area (Å²) in [7, 11) is 0. The lowest BCUT2D eigenvalue weighted by atomic mass is 10.2. The quantitative estimate of drug-likeness (QED) is 0.688. The second-order valence-electron chi connectivity index (χ2n) is 3.94. The molecule has 0 atom stereocenters. The number of nitrogens with zero attached hydrogens (tertiary/aromatic N) is 1. The van der Waals surface area contributed by atoms with Crippen LogP contribution in [0.3, 0.4) is 0 Å². The fourth-order valence-electron chi connectivity index (χ4n) is 1.97. The summed E-state index contributed by atoms with van der Waals surface area (Å²) in [5, 5.41) is 4.24. The van der Waals surface area contributed by atoms with Crippen molar-refractivity contribution >= 4 is 28.6 Å². The van der Waals surface area contributed by atoms with Gasteiger partial charge in [-0.25, -0.2) is 0 Å². The first-order valence-electron chi connectivity index (χ1n) is 5.61. The number of anilines is 2. The number of carbonyl (C=O) groups excluding carboxylic acids is 1. The SMILES string of the molecule is O=Cc1[nH]c2ccccc2c1Nc1ccncc1. The molecule has 0 fully saturated rings. The third-order valence-electron chi connectivity index (χ3n) is 2.80. The summed E-state index contributed by atoms with van der Waals surface area (Å²) < 4.78 is 0. The average molecular weight is 237 g/mol. The maximum Gasteiger partial charge on any atom is 0.168 e. The van der Waals surface area contributed by atoms with Crippen molar-refractivity contribution in [2.45, 2.75) is 0 Å². The fraction of sp³-hybridized carbons (Fsp3) is 0. The van der Waals surface area contributed by atoms with E-state index in [0.717, 1.165) is 28.6 Å². The molecular formula is C14H11N3O. The van der Waals surface area contributed by atoms with Gasteiger partial charge in [0.05, 0.1) is 5.69 Å². The van der Waals surface area contributed by atoms with E-state index in [1.807, 2.05) is 36.4 Å². The number of hydrogen-bond acceptors (Lipinski definition) is 3. The predicted octanol–water partition coefficient (Wildman–Crippen LogP) is 3.12. The van der Waals surface area contributed by atoms with Gasteiger partial charge in [0.15, 0.2) is 6.29 Å². The second kappa shape index (κ2) is 4.33. The Morgan fingerprint density at radius 1 is 1.11 bits per heavy atom. The van der Waals surface area contributed by atoms with Crippen molar-refractivity contribution in [3.8, 4) is 0 Å². The smallest absolute Gasteiger partial charge is 0.168 e. The number of rotatable bonds is 3. The number of aromatic nitrogens is 2. The average Bonchev–Trinajstić information content (AvgIpc) is 2.78. The van der Waals surface area contributed by atoms with Gasteiger partial charge in [0.2, 0.25) is 0 Å². The summed E-state index contributed by atoms with van der Waals surface area (Å²) >= 11 is 0. The van der Waals surface area contributed by atoms with Crippen LogP contribution in [0.2, 0.25) is 0 Å². The van der Waals surface area contributed by atoms with E-state index in [0.29, 0.717) is 5.69 Å². The Morgan fingerprint density at radius 3 is 2.67 bits per heavy atom. The van der Waals surface area contributed by atoms with E-state index in [1.165, 1.54) is 0 Å². The van der Waals surface area contributed by atoms with Crippen LogP contribution in [0.1, 0.15) is 10.5 Å². The molecular weight excluding hydrogens is 226 g/mol. The standard InChI is InChI=1S/C14H11N3O/c18-9-13-14(16-10-5-7-15-8-6-10)11-3-1-2-4-12(11)17-13/h1-9,17H,(H,15,16). The van der Waals surface area contributed by atoms with Crippen LogP contribution in [0, 0.1) is 0 Å². The van der Waals surface area contributed by atoms with Crippen molar-refractivity contribution in [2.75, 3.05) is 5.32 Å². The monoisotopic (exact) mass is 237 g/mol. The van der Waals surface area contributed by atoms with E-state index in [9.17, 15) is 4.79 Å². The van der Waals surface area contributed by atoms with Crippen molar-refractivity contribution in [1.82, 2.24) is 9.97 Å². The minimum Gasteiger partial charge on any atom is -0.353 e. The molecule has 0 aliphatic rings. The molecule has 0 radical (unpaired) electrons. The first kappa shape index (κ1) is 10.5. The Balaban J connectivity index is 2.12. The zero-order valence-corrected chi connectivity index (χ0v) is 9.55. The molecule has 0 saturated carbocycles.